The molecule has 0 bridgehead atoms. The SMILES string of the molecule is Cc1ccc(C(=O)CCC(=O)N2CCCCC2C)s1. The van der Waals surface area contributed by atoms with E-state index in [1.165, 1.54) is 17.8 Å². The molecule has 3 nitrogen and oxygen atoms in total. The van der Waals surface area contributed by atoms with Gasteiger partial charge < -0.3 is 4.90 Å². The Balaban J connectivity index is 1.84. The van der Waals surface area contributed by atoms with Gasteiger partial charge in [0.05, 0.1) is 4.88 Å². The molecule has 1 unspecified atom stereocenters. The molecule has 2 rings (SSSR count). The summed E-state index contributed by atoms with van der Waals surface area (Å²) < 4.78 is 0. The van der Waals surface area contributed by atoms with Crippen LogP contribution in [-0.2, 0) is 4.79 Å². The fourth-order valence-corrected chi connectivity index (χ4v) is 3.38. The number of nitrogens with zero attached hydrogens (tertiary/aromatic N) is 1. The number of hydrogen-bond acceptors (Lipinski definition) is 3. The van der Waals surface area contributed by atoms with Gasteiger partial charge in [0, 0.05) is 30.3 Å². The summed E-state index contributed by atoms with van der Waals surface area (Å²) in [6.07, 6.45) is 4.07. The number of amides is 1. The summed E-state index contributed by atoms with van der Waals surface area (Å²) in [6, 6.07) is 4.14. The number of Topliss-reactive ketones (excluding diaryl/α,β-unsaturated/α-hetero) is 1. The fourth-order valence-electron chi connectivity index (χ4n) is 2.54. The molecule has 4 heteroatoms. The predicted octanol–water partition coefficient (Wildman–Crippen LogP) is 3.42. The van der Waals surface area contributed by atoms with E-state index in [1.807, 2.05) is 24.0 Å². The van der Waals surface area contributed by atoms with Gasteiger partial charge in [-0.2, -0.15) is 0 Å². The van der Waals surface area contributed by atoms with E-state index in [0.29, 0.717) is 18.9 Å². The first-order valence-electron chi connectivity index (χ1n) is 6.97. The minimum Gasteiger partial charge on any atom is -0.340 e. The Morgan fingerprint density at radius 1 is 1.32 bits per heavy atom. The van der Waals surface area contributed by atoms with Gasteiger partial charge in [-0.1, -0.05) is 0 Å². The Bertz CT molecular complexity index is 466. The first-order valence-corrected chi connectivity index (χ1v) is 7.78. The zero-order valence-corrected chi connectivity index (χ0v) is 12.5. The van der Waals surface area contributed by atoms with Gasteiger partial charge in [0.25, 0.3) is 0 Å². The maximum Gasteiger partial charge on any atom is 0.223 e. The van der Waals surface area contributed by atoms with Crippen molar-refractivity contribution in [1.82, 2.24) is 4.90 Å². The van der Waals surface area contributed by atoms with E-state index in [2.05, 4.69) is 6.92 Å². The highest BCUT2D eigenvalue weighted by molar-refractivity contribution is 7.14. The summed E-state index contributed by atoms with van der Waals surface area (Å²) in [7, 11) is 0. The number of hydrogen-bond donors (Lipinski definition) is 0. The number of likely N-dealkylation sites (tertiary alicyclic amines) is 1. The summed E-state index contributed by atoms with van der Waals surface area (Å²) in [6.45, 7) is 4.94. The van der Waals surface area contributed by atoms with Crippen LogP contribution in [0, 0.1) is 6.92 Å². The summed E-state index contributed by atoms with van der Waals surface area (Å²) in [5.74, 6) is 0.227. The van der Waals surface area contributed by atoms with E-state index in [9.17, 15) is 9.59 Å². The minimum absolute atomic E-state index is 0.0936. The molecule has 1 aliphatic heterocycles. The number of carbonyl (C=O) groups is 2. The lowest BCUT2D eigenvalue weighted by Crippen LogP contribution is -2.42. The molecule has 104 valence electrons. The second kappa shape index (κ2) is 6.33. The van der Waals surface area contributed by atoms with Crippen molar-refractivity contribution < 1.29 is 9.59 Å². The normalized spacial score (nSPS) is 19.5. The Labute approximate surface area is 118 Å². The van der Waals surface area contributed by atoms with Crippen LogP contribution in [0.2, 0.25) is 0 Å². The van der Waals surface area contributed by atoms with E-state index in [4.69, 9.17) is 0 Å². The predicted molar refractivity (Wildman–Crippen MR) is 77.6 cm³/mol. The van der Waals surface area contributed by atoms with Crippen LogP contribution < -0.4 is 0 Å². The Morgan fingerprint density at radius 3 is 2.74 bits per heavy atom. The van der Waals surface area contributed by atoms with Crippen molar-refractivity contribution in [3.63, 3.8) is 0 Å². The van der Waals surface area contributed by atoms with Crippen LogP contribution in [-0.4, -0.2) is 29.2 Å². The third-order valence-electron chi connectivity index (χ3n) is 3.70. The first-order chi connectivity index (χ1) is 9.08. The molecule has 19 heavy (non-hydrogen) atoms. The lowest BCUT2D eigenvalue weighted by molar-refractivity contribution is -0.134. The maximum atomic E-state index is 12.1. The standard InChI is InChI=1S/C15H21NO2S/c1-11-5-3-4-10-16(11)15(18)9-7-13(17)14-8-6-12(2)19-14/h6,8,11H,3-5,7,9-10H2,1-2H3. The molecule has 0 spiro atoms. The van der Waals surface area contributed by atoms with Crippen molar-refractivity contribution in [1.29, 1.82) is 0 Å². The van der Waals surface area contributed by atoms with Crippen molar-refractivity contribution in [2.75, 3.05) is 6.54 Å². The molecule has 0 aliphatic carbocycles. The van der Waals surface area contributed by atoms with Crippen molar-refractivity contribution >= 4 is 23.0 Å². The number of carbonyl (C=O) groups excluding carboxylic acids is 2. The van der Waals surface area contributed by atoms with E-state index >= 15 is 0 Å². The average Bonchev–Trinajstić information content (AvgIpc) is 2.83. The highest BCUT2D eigenvalue weighted by atomic mass is 32.1. The molecule has 0 aromatic carbocycles. The summed E-state index contributed by atoms with van der Waals surface area (Å²) >= 11 is 1.51. The second-order valence-corrected chi connectivity index (χ2v) is 6.55. The molecular formula is C15H21NO2S. The van der Waals surface area contributed by atoms with Crippen LogP contribution in [0.4, 0.5) is 0 Å². The zero-order valence-electron chi connectivity index (χ0n) is 11.6. The number of ketones is 1. The molecule has 0 N–H and O–H groups in total. The van der Waals surface area contributed by atoms with Crippen LogP contribution >= 0.6 is 11.3 Å². The summed E-state index contributed by atoms with van der Waals surface area (Å²) in [4.78, 5) is 27.9. The number of piperidine rings is 1. The maximum absolute atomic E-state index is 12.1. The molecule has 1 aromatic heterocycles. The third kappa shape index (κ3) is 3.66. The number of rotatable bonds is 4. The van der Waals surface area contributed by atoms with Crippen LogP contribution in [0.1, 0.15) is 53.6 Å². The van der Waals surface area contributed by atoms with Gasteiger partial charge in [-0.15, -0.1) is 11.3 Å². The van der Waals surface area contributed by atoms with Gasteiger partial charge in [0.15, 0.2) is 5.78 Å². The minimum atomic E-state index is 0.0936. The molecule has 2 heterocycles. The van der Waals surface area contributed by atoms with Gasteiger partial charge in [-0.3, -0.25) is 9.59 Å². The molecule has 1 amide bonds. The van der Waals surface area contributed by atoms with Gasteiger partial charge in [0.2, 0.25) is 5.91 Å². The third-order valence-corrected chi connectivity index (χ3v) is 4.75. The van der Waals surface area contributed by atoms with Crippen LogP contribution in [0.5, 0.6) is 0 Å². The molecule has 1 saturated heterocycles. The van der Waals surface area contributed by atoms with Gasteiger partial charge in [0.1, 0.15) is 0 Å². The lowest BCUT2D eigenvalue weighted by atomic mass is 10.0. The van der Waals surface area contributed by atoms with E-state index < -0.39 is 0 Å². The number of aryl methyl sites for hydroxylation is 1. The van der Waals surface area contributed by atoms with E-state index in [-0.39, 0.29) is 11.7 Å². The molecule has 1 atom stereocenters. The Morgan fingerprint density at radius 2 is 2.11 bits per heavy atom. The quantitative estimate of drug-likeness (QED) is 0.792. The molecule has 1 aromatic rings. The topological polar surface area (TPSA) is 37.4 Å². The summed E-state index contributed by atoms with van der Waals surface area (Å²) in [5, 5.41) is 0. The monoisotopic (exact) mass is 279 g/mol. The van der Waals surface area contributed by atoms with E-state index in [1.54, 1.807) is 0 Å². The van der Waals surface area contributed by atoms with Crippen molar-refractivity contribution in [2.45, 2.75) is 52.0 Å². The summed E-state index contributed by atoms with van der Waals surface area (Å²) in [5.41, 5.74) is 0. The Hall–Kier alpha value is -1.16. The molecule has 1 fully saturated rings. The van der Waals surface area contributed by atoms with E-state index in [0.717, 1.165) is 29.1 Å². The van der Waals surface area contributed by atoms with Crippen molar-refractivity contribution in [2.24, 2.45) is 0 Å². The van der Waals surface area contributed by atoms with Crippen LogP contribution in [0.25, 0.3) is 0 Å². The van der Waals surface area contributed by atoms with Gasteiger partial charge in [-0.25, -0.2) is 0 Å². The Kier molecular flexibility index (Phi) is 4.75. The van der Waals surface area contributed by atoms with Crippen molar-refractivity contribution in [3.8, 4) is 0 Å². The highest BCUT2D eigenvalue weighted by Crippen LogP contribution is 2.20. The zero-order chi connectivity index (χ0) is 13.8. The smallest absolute Gasteiger partial charge is 0.223 e. The largest absolute Gasteiger partial charge is 0.340 e. The average molecular weight is 279 g/mol. The fraction of sp³-hybridized carbons (Fsp3) is 0.600. The highest BCUT2D eigenvalue weighted by Gasteiger charge is 2.23. The molecule has 1 aliphatic rings. The van der Waals surface area contributed by atoms with Gasteiger partial charge in [-0.05, 0) is 45.2 Å². The van der Waals surface area contributed by atoms with Gasteiger partial charge >= 0.3 is 0 Å². The second-order valence-electron chi connectivity index (χ2n) is 5.27. The van der Waals surface area contributed by atoms with Crippen molar-refractivity contribution in [3.05, 3.63) is 21.9 Å². The molecule has 0 radical (unpaired) electrons. The molecule has 0 saturated carbocycles. The number of thiophene rings is 1. The first kappa shape index (κ1) is 14.3. The lowest BCUT2D eigenvalue weighted by Gasteiger charge is -2.33. The van der Waals surface area contributed by atoms with Crippen LogP contribution in [0.3, 0.4) is 0 Å². The van der Waals surface area contributed by atoms with Crippen LogP contribution in [0.15, 0.2) is 12.1 Å². The molecular weight excluding hydrogens is 258 g/mol.